The molecular formula is C21H22N4O. The van der Waals surface area contributed by atoms with Crippen LogP contribution in [0.1, 0.15) is 38.9 Å². The third-order valence-corrected chi connectivity index (χ3v) is 4.78. The first kappa shape index (κ1) is 16.5. The van der Waals surface area contributed by atoms with Crippen molar-refractivity contribution in [3.05, 3.63) is 88.7 Å². The van der Waals surface area contributed by atoms with Gasteiger partial charge in [0.1, 0.15) is 5.69 Å². The van der Waals surface area contributed by atoms with Gasteiger partial charge >= 0.3 is 0 Å². The molecule has 0 saturated carbocycles. The predicted molar refractivity (Wildman–Crippen MR) is 101 cm³/mol. The monoisotopic (exact) mass is 346 g/mol. The van der Waals surface area contributed by atoms with Gasteiger partial charge in [0.15, 0.2) is 0 Å². The van der Waals surface area contributed by atoms with E-state index < -0.39 is 0 Å². The SMILES string of the molecule is O=C(NCC1NCCc2ccccc21)c1cc(Cc2ccccc2)[nH]n1. The molecule has 0 bridgehead atoms. The Morgan fingerprint density at radius 1 is 1.12 bits per heavy atom. The number of carbonyl (C=O) groups excluding carboxylic acids is 1. The van der Waals surface area contributed by atoms with Crippen LogP contribution < -0.4 is 10.6 Å². The summed E-state index contributed by atoms with van der Waals surface area (Å²) in [6.45, 7) is 1.48. The molecule has 0 radical (unpaired) electrons. The molecule has 1 aliphatic heterocycles. The number of aromatic nitrogens is 2. The average molecular weight is 346 g/mol. The number of H-pyrrole nitrogens is 1. The first-order chi connectivity index (χ1) is 12.8. The molecule has 5 nitrogen and oxygen atoms in total. The van der Waals surface area contributed by atoms with Gasteiger partial charge in [0, 0.05) is 24.7 Å². The summed E-state index contributed by atoms with van der Waals surface area (Å²) in [5, 5.41) is 13.6. The van der Waals surface area contributed by atoms with Crippen LogP contribution in [-0.2, 0) is 12.8 Å². The number of carbonyl (C=O) groups is 1. The van der Waals surface area contributed by atoms with Gasteiger partial charge in [0.25, 0.3) is 5.91 Å². The number of rotatable bonds is 5. The molecule has 1 aliphatic rings. The van der Waals surface area contributed by atoms with E-state index in [1.54, 1.807) is 0 Å². The zero-order valence-electron chi connectivity index (χ0n) is 14.5. The van der Waals surface area contributed by atoms with Gasteiger partial charge in [-0.05, 0) is 35.7 Å². The molecule has 1 amide bonds. The topological polar surface area (TPSA) is 69.8 Å². The quantitative estimate of drug-likeness (QED) is 0.665. The summed E-state index contributed by atoms with van der Waals surface area (Å²) >= 11 is 0. The van der Waals surface area contributed by atoms with Gasteiger partial charge in [-0.1, -0.05) is 54.6 Å². The van der Waals surface area contributed by atoms with Crippen LogP contribution in [0.4, 0.5) is 0 Å². The minimum absolute atomic E-state index is 0.145. The van der Waals surface area contributed by atoms with Crippen LogP contribution in [0.5, 0.6) is 0 Å². The fraction of sp³-hybridized carbons (Fsp3) is 0.238. The van der Waals surface area contributed by atoms with Crippen molar-refractivity contribution in [2.75, 3.05) is 13.1 Å². The fourth-order valence-corrected chi connectivity index (χ4v) is 3.44. The van der Waals surface area contributed by atoms with Gasteiger partial charge in [-0.2, -0.15) is 5.10 Å². The molecule has 5 heteroatoms. The summed E-state index contributed by atoms with van der Waals surface area (Å²) in [4.78, 5) is 12.4. The van der Waals surface area contributed by atoms with E-state index in [9.17, 15) is 4.79 Å². The lowest BCUT2D eigenvalue weighted by Gasteiger charge is -2.27. The number of benzene rings is 2. The lowest BCUT2D eigenvalue weighted by Crippen LogP contribution is -2.38. The number of amides is 1. The molecule has 2 aromatic carbocycles. The molecule has 3 aromatic rings. The fourth-order valence-electron chi connectivity index (χ4n) is 3.44. The Balaban J connectivity index is 1.37. The Morgan fingerprint density at radius 2 is 1.92 bits per heavy atom. The normalized spacial score (nSPS) is 16.1. The standard InChI is InChI=1S/C21H22N4O/c26-21(19-13-17(24-25-19)12-15-6-2-1-3-7-15)23-14-20-18-9-5-4-8-16(18)10-11-22-20/h1-9,13,20,22H,10-12,14H2,(H,23,26)(H,24,25). The minimum atomic E-state index is -0.148. The second-order valence-electron chi connectivity index (χ2n) is 6.61. The Bertz CT molecular complexity index is 888. The molecule has 1 aromatic heterocycles. The van der Waals surface area contributed by atoms with Gasteiger partial charge in [0.2, 0.25) is 0 Å². The summed E-state index contributed by atoms with van der Waals surface area (Å²) in [5.74, 6) is -0.148. The molecule has 2 heterocycles. The maximum absolute atomic E-state index is 12.4. The first-order valence-corrected chi connectivity index (χ1v) is 8.97. The lowest BCUT2D eigenvalue weighted by molar-refractivity contribution is 0.0944. The molecule has 0 spiro atoms. The third-order valence-electron chi connectivity index (χ3n) is 4.78. The van der Waals surface area contributed by atoms with Gasteiger partial charge in [-0.25, -0.2) is 0 Å². The second-order valence-corrected chi connectivity index (χ2v) is 6.61. The summed E-state index contributed by atoms with van der Waals surface area (Å²) in [6.07, 6.45) is 1.77. The maximum Gasteiger partial charge on any atom is 0.271 e. The highest BCUT2D eigenvalue weighted by Gasteiger charge is 2.20. The highest BCUT2D eigenvalue weighted by Crippen LogP contribution is 2.21. The zero-order chi connectivity index (χ0) is 17.8. The van der Waals surface area contributed by atoms with Gasteiger partial charge < -0.3 is 10.6 Å². The van der Waals surface area contributed by atoms with Crippen LogP contribution in [0.2, 0.25) is 0 Å². The van der Waals surface area contributed by atoms with Crippen LogP contribution in [0.15, 0.2) is 60.7 Å². The largest absolute Gasteiger partial charge is 0.349 e. The lowest BCUT2D eigenvalue weighted by atomic mass is 9.94. The molecule has 26 heavy (non-hydrogen) atoms. The number of nitrogens with one attached hydrogen (secondary N) is 3. The minimum Gasteiger partial charge on any atom is -0.349 e. The summed E-state index contributed by atoms with van der Waals surface area (Å²) in [6, 6.07) is 20.5. The predicted octanol–water partition coefficient (Wildman–Crippen LogP) is 2.62. The summed E-state index contributed by atoms with van der Waals surface area (Å²) in [7, 11) is 0. The molecule has 3 N–H and O–H groups in total. The van der Waals surface area contributed by atoms with Crippen molar-refractivity contribution in [3.63, 3.8) is 0 Å². The van der Waals surface area contributed by atoms with Crippen LogP contribution in [0, 0.1) is 0 Å². The van der Waals surface area contributed by atoms with Crippen molar-refractivity contribution in [3.8, 4) is 0 Å². The van der Waals surface area contributed by atoms with Crippen molar-refractivity contribution in [2.24, 2.45) is 0 Å². The molecule has 0 saturated heterocycles. The van der Waals surface area contributed by atoms with E-state index in [0.717, 1.165) is 25.1 Å². The smallest absolute Gasteiger partial charge is 0.271 e. The van der Waals surface area contributed by atoms with Gasteiger partial charge in [-0.15, -0.1) is 0 Å². The Morgan fingerprint density at radius 3 is 2.81 bits per heavy atom. The molecule has 0 aliphatic carbocycles. The highest BCUT2D eigenvalue weighted by molar-refractivity contribution is 5.92. The Kier molecular flexibility index (Phi) is 4.80. The van der Waals surface area contributed by atoms with E-state index >= 15 is 0 Å². The van der Waals surface area contributed by atoms with Gasteiger partial charge in [0.05, 0.1) is 0 Å². The maximum atomic E-state index is 12.4. The van der Waals surface area contributed by atoms with E-state index in [2.05, 4.69) is 51.2 Å². The Labute approximate surface area is 152 Å². The van der Waals surface area contributed by atoms with E-state index in [4.69, 9.17) is 0 Å². The molecule has 1 atom stereocenters. The summed E-state index contributed by atoms with van der Waals surface area (Å²) < 4.78 is 0. The van der Waals surface area contributed by atoms with Crippen LogP contribution in [-0.4, -0.2) is 29.2 Å². The Hall–Kier alpha value is -2.92. The second kappa shape index (κ2) is 7.54. The van der Waals surface area contributed by atoms with Crippen LogP contribution >= 0.6 is 0 Å². The van der Waals surface area contributed by atoms with E-state index in [0.29, 0.717) is 12.2 Å². The van der Waals surface area contributed by atoms with Crippen LogP contribution in [0.3, 0.4) is 0 Å². The van der Waals surface area contributed by atoms with E-state index in [-0.39, 0.29) is 11.9 Å². The molecule has 132 valence electrons. The number of aromatic amines is 1. The van der Waals surface area contributed by atoms with E-state index in [1.807, 2.05) is 30.3 Å². The van der Waals surface area contributed by atoms with Crippen molar-refractivity contribution in [1.29, 1.82) is 0 Å². The van der Waals surface area contributed by atoms with Crippen LogP contribution in [0.25, 0.3) is 0 Å². The number of nitrogens with zero attached hydrogens (tertiary/aromatic N) is 1. The van der Waals surface area contributed by atoms with E-state index in [1.165, 1.54) is 16.7 Å². The van der Waals surface area contributed by atoms with Gasteiger partial charge in [-0.3, -0.25) is 9.89 Å². The molecule has 0 fully saturated rings. The number of fused-ring (bicyclic) bond motifs is 1. The molecule has 4 rings (SSSR count). The van der Waals surface area contributed by atoms with Crippen molar-refractivity contribution in [1.82, 2.24) is 20.8 Å². The highest BCUT2D eigenvalue weighted by atomic mass is 16.1. The number of hydrogen-bond donors (Lipinski definition) is 3. The average Bonchev–Trinajstić information content (AvgIpc) is 3.15. The zero-order valence-corrected chi connectivity index (χ0v) is 14.5. The molecular weight excluding hydrogens is 324 g/mol. The van der Waals surface area contributed by atoms with Crippen molar-refractivity contribution < 1.29 is 4.79 Å². The van der Waals surface area contributed by atoms with Crippen molar-refractivity contribution >= 4 is 5.91 Å². The van der Waals surface area contributed by atoms with Crippen molar-refractivity contribution in [2.45, 2.75) is 18.9 Å². The molecule has 1 unspecified atom stereocenters. The number of hydrogen-bond acceptors (Lipinski definition) is 3. The summed E-state index contributed by atoms with van der Waals surface area (Å²) in [5.41, 5.74) is 5.18. The third kappa shape index (κ3) is 3.68. The first-order valence-electron chi connectivity index (χ1n) is 8.97.